The Morgan fingerprint density at radius 2 is 1.94 bits per heavy atom. The van der Waals surface area contributed by atoms with Gasteiger partial charge in [0, 0.05) is 43.7 Å². The number of nitrogens with zero attached hydrogens (tertiary/aromatic N) is 4. The first-order valence-corrected chi connectivity index (χ1v) is 12.0. The highest BCUT2D eigenvalue weighted by atomic mass is 35.5. The molecule has 186 valence electrons. The van der Waals surface area contributed by atoms with Crippen LogP contribution in [0.5, 0.6) is 11.5 Å². The van der Waals surface area contributed by atoms with Gasteiger partial charge < -0.3 is 14.8 Å². The van der Waals surface area contributed by atoms with Gasteiger partial charge in [0.05, 0.1) is 23.3 Å². The molecule has 7 nitrogen and oxygen atoms in total. The van der Waals surface area contributed by atoms with Crippen LogP contribution in [0.2, 0.25) is 5.02 Å². The maximum atomic E-state index is 14.5. The molecule has 35 heavy (non-hydrogen) atoms. The number of benzene rings is 2. The van der Waals surface area contributed by atoms with E-state index in [0.717, 1.165) is 26.2 Å². The summed E-state index contributed by atoms with van der Waals surface area (Å²) in [6, 6.07) is 8.79. The van der Waals surface area contributed by atoms with Crippen LogP contribution in [0.25, 0.3) is 10.9 Å². The summed E-state index contributed by atoms with van der Waals surface area (Å²) in [5.41, 5.74) is 0.875. The van der Waals surface area contributed by atoms with E-state index in [1.807, 2.05) is 13.0 Å². The average Bonchev–Trinajstić information content (AvgIpc) is 3.35. The molecule has 2 atom stereocenters. The second kappa shape index (κ2) is 11.2. The second-order valence-electron chi connectivity index (χ2n) is 8.88. The number of hydrogen-bond donors (Lipinski definition) is 1. The van der Waals surface area contributed by atoms with Crippen molar-refractivity contribution in [1.82, 2.24) is 19.8 Å². The van der Waals surface area contributed by atoms with E-state index < -0.39 is 5.82 Å². The molecular weight excluding hydrogens is 469 g/mol. The van der Waals surface area contributed by atoms with Crippen LogP contribution in [0.1, 0.15) is 13.8 Å². The van der Waals surface area contributed by atoms with Crippen LogP contribution in [0.4, 0.5) is 15.9 Å². The van der Waals surface area contributed by atoms with E-state index >= 15 is 0 Å². The summed E-state index contributed by atoms with van der Waals surface area (Å²) < 4.78 is 26.4. The van der Waals surface area contributed by atoms with Gasteiger partial charge in [-0.3, -0.25) is 9.80 Å². The predicted octanol–water partition coefficient (Wildman–Crippen LogP) is 5.13. The fourth-order valence-electron chi connectivity index (χ4n) is 4.17. The third-order valence-corrected chi connectivity index (χ3v) is 6.46. The van der Waals surface area contributed by atoms with Gasteiger partial charge >= 0.3 is 0 Å². The van der Waals surface area contributed by atoms with Gasteiger partial charge in [-0.15, -0.1) is 0 Å². The number of aromatic nitrogens is 2. The summed E-state index contributed by atoms with van der Waals surface area (Å²) >= 11 is 5.94. The molecule has 1 aliphatic rings. The molecule has 0 aliphatic carbocycles. The Kier molecular flexibility index (Phi) is 8.05. The third-order valence-electron chi connectivity index (χ3n) is 6.17. The molecule has 3 aromatic rings. The van der Waals surface area contributed by atoms with Crippen LogP contribution < -0.4 is 14.8 Å². The third kappa shape index (κ3) is 6.01. The van der Waals surface area contributed by atoms with E-state index in [2.05, 4.69) is 51.2 Å². The smallest absolute Gasteiger partial charge is 0.165 e. The lowest BCUT2D eigenvalue weighted by atomic mass is 10.2. The Hall–Kier alpha value is -2.94. The van der Waals surface area contributed by atoms with Crippen LogP contribution in [0.3, 0.4) is 0 Å². The molecule has 0 fully saturated rings. The second-order valence-corrected chi connectivity index (χ2v) is 9.28. The highest BCUT2D eigenvalue weighted by Gasteiger charge is 2.20. The van der Waals surface area contributed by atoms with Crippen LogP contribution in [-0.4, -0.2) is 72.3 Å². The standard InChI is InChI=1S/C26H31ClFN5O2/c1-17(14-33-10-5-6-11-33)32(3)15-18(2)35-24-12-19-22(13-23(24)34-4)29-16-30-26(19)31-21-9-7-8-20(27)25(21)28/h5-9,12-13,16-18H,10-11,14-15H2,1-4H3,(H,29,30,31)/t17-,18?/m0/s1. The van der Waals surface area contributed by atoms with E-state index in [1.165, 1.54) is 12.4 Å². The zero-order chi connectivity index (χ0) is 24.9. The minimum atomic E-state index is -0.540. The Labute approximate surface area is 210 Å². The number of rotatable bonds is 10. The lowest BCUT2D eigenvalue weighted by molar-refractivity contribution is 0.121. The van der Waals surface area contributed by atoms with Gasteiger partial charge in [-0.1, -0.05) is 29.8 Å². The summed E-state index contributed by atoms with van der Waals surface area (Å²) in [5, 5.41) is 3.74. The lowest BCUT2D eigenvalue weighted by Gasteiger charge is -2.31. The summed E-state index contributed by atoms with van der Waals surface area (Å²) in [7, 11) is 3.71. The topological polar surface area (TPSA) is 62.8 Å². The van der Waals surface area contributed by atoms with Crippen LogP contribution in [0.15, 0.2) is 48.8 Å². The highest BCUT2D eigenvalue weighted by Crippen LogP contribution is 2.36. The molecule has 0 saturated heterocycles. The minimum absolute atomic E-state index is 0.0345. The minimum Gasteiger partial charge on any atom is -0.493 e. The van der Waals surface area contributed by atoms with Crippen molar-refractivity contribution >= 4 is 34.0 Å². The van der Waals surface area contributed by atoms with Gasteiger partial charge in [0.25, 0.3) is 0 Å². The van der Waals surface area contributed by atoms with Gasteiger partial charge in [-0.2, -0.15) is 0 Å². The molecule has 0 spiro atoms. The number of hydrogen-bond acceptors (Lipinski definition) is 7. The van der Waals surface area contributed by atoms with Crippen molar-refractivity contribution in [3.05, 3.63) is 59.7 Å². The Morgan fingerprint density at radius 3 is 2.69 bits per heavy atom. The SMILES string of the molecule is COc1cc2ncnc(Nc3cccc(Cl)c3F)c2cc1OC(C)CN(C)[C@@H](C)CN1CC=CC1. The molecule has 0 amide bonds. The van der Waals surface area contributed by atoms with Crippen molar-refractivity contribution in [3.8, 4) is 11.5 Å². The number of methoxy groups -OCH3 is 1. The normalized spacial score (nSPS) is 15.5. The molecular formula is C26H31ClFN5O2. The summed E-state index contributed by atoms with van der Waals surface area (Å²) in [6.45, 7) is 8.03. The van der Waals surface area contributed by atoms with E-state index in [-0.39, 0.29) is 16.8 Å². The molecule has 9 heteroatoms. The van der Waals surface area contributed by atoms with Crippen molar-refractivity contribution in [2.45, 2.75) is 26.0 Å². The highest BCUT2D eigenvalue weighted by molar-refractivity contribution is 6.31. The van der Waals surface area contributed by atoms with E-state index in [4.69, 9.17) is 21.1 Å². The summed E-state index contributed by atoms with van der Waals surface area (Å²) in [6.07, 6.45) is 5.73. The number of anilines is 2. The number of ether oxygens (including phenoxy) is 2. The van der Waals surface area contributed by atoms with Crippen molar-refractivity contribution in [3.63, 3.8) is 0 Å². The summed E-state index contributed by atoms with van der Waals surface area (Å²) in [5.74, 6) is 1.05. The molecule has 1 unspecified atom stereocenters. The molecule has 1 aliphatic heterocycles. The van der Waals surface area contributed by atoms with Crippen molar-refractivity contribution < 1.29 is 13.9 Å². The maximum Gasteiger partial charge on any atom is 0.165 e. The molecule has 2 heterocycles. The Balaban J connectivity index is 1.52. The largest absolute Gasteiger partial charge is 0.493 e. The summed E-state index contributed by atoms with van der Waals surface area (Å²) in [4.78, 5) is 13.4. The fraction of sp³-hybridized carbons (Fsp3) is 0.385. The monoisotopic (exact) mass is 499 g/mol. The number of halogens is 2. The van der Waals surface area contributed by atoms with Gasteiger partial charge in [0.15, 0.2) is 17.3 Å². The van der Waals surface area contributed by atoms with E-state index in [0.29, 0.717) is 34.3 Å². The Bertz CT molecular complexity index is 1200. The van der Waals surface area contributed by atoms with Gasteiger partial charge in [-0.25, -0.2) is 14.4 Å². The first kappa shape index (κ1) is 25.2. The van der Waals surface area contributed by atoms with Gasteiger partial charge in [0.2, 0.25) is 0 Å². The average molecular weight is 500 g/mol. The van der Waals surface area contributed by atoms with E-state index in [1.54, 1.807) is 25.3 Å². The van der Waals surface area contributed by atoms with Crippen molar-refractivity contribution in [2.24, 2.45) is 0 Å². The lowest BCUT2D eigenvalue weighted by Crippen LogP contribution is -2.43. The number of nitrogens with one attached hydrogen (secondary N) is 1. The molecule has 0 saturated carbocycles. The quantitative estimate of drug-likeness (QED) is 0.388. The number of likely N-dealkylation sites (N-methyl/N-ethyl adjacent to an activating group) is 1. The van der Waals surface area contributed by atoms with Gasteiger partial charge in [0.1, 0.15) is 18.2 Å². The zero-order valence-corrected chi connectivity index (χ0v) is 21.2. The molecule has 2 aromatic carbocycles. The van der Waals surface area contributed by atoms with Gasteiger partial charge in [-0.05, 0) is 39.1 Å². The molecule has 0 radical (unpaired) electrons. The Morgan fingerprint density at radius 1 is 1.17 bits per heavy atom. The first-order valence-electron chi connectivity index (χ1n) is 11.6. The van der Waals surface area contributed by atoms with Crippen molar-refractivity contribution in [1.29, 1.82) is 0 Å². The fourth-order valence-corrected chi connectivity index (χ4v) is 4.34. The number of fused-ring (bicyclic) bond motifs is 1. The molecule has 4 rings (SSSR count). The molecule has 0 bridgehead atoms. The molecule has 1 N–H and O–H groups in total. The predicted molar refractivity (Wildman–Crippen MR) is 139 cm³/mol. The first-order chi connectivity index (χ1) is 16.9. The molecule has 1 aromatic heterocycles. The van der Waals surface area contributed by atoms with Crippen molar-refractivity contribution in [2.75, 3.05) is 45.7 Å². The van der Waals surface area contributed by atoms with E-state index in [9.17, 15) is 4.39 Å². The van der Waals surface area contributed by atoms with Crippen LogP contribution in [0, 0.1) is 5.82 Å². The zero-order valence-electron chi connectivity index (χ0n) is 20.5. The maximum absolute atomic E-state index is 14.5. The van der Waals surface area contributed by atoms with Crippen LogP contribution in [-0.2, 0) is 0 Å². The van der Waals surface area contributed by atoms with Crippen LogP contribution >= 0.6 is 11.6 Å².